The van der Waals surface area contributed by atoms with Crippen molar-refractivity contribution in [1.29, 1.82) is 0 Å². The summed E-state index contributed by atoms with van der Waals surface area (Å²) in [5.74, 6) is -0.648. The summed E-state index contributed by atoms with van der Waals surface area (Å²) in [6.45, 7) is 0. The lowest BCUT2D eigenvalue weighted by Crippen LogP contribution is -2.15. The number of nitrogens with two attached hydrogens (primary N) is 1. The Bertz CT molecular complexity index is 689. The van der Waals surface area contributed by atoms with Gasteiger partial charge >= 0.3 is 6.18 Å². The van der Waals surface area contributed by atoms with Gasteiger partial charge in [0.1, 0.15) is 0 Å². The number of pyridine rings is 1. The third-order valence-electron chi connectivity index (χ3n) is 2.58. The Labute approximate surface area is 122 Å². The molecule has 0 bridgehead atoms. The summed E-state index contributed by atoms with van der Waals surface area (Å²) in [5.41, 5.74) is 4.78. The van der Waals surface area contributed by atoms with Crippen LogP contribution in [0.15, 0.2) is 36.7 Å². The van der Waals surface area contributed by atoms with Gasteiger partial charge in [0, 0.05) is 16.9 Å². The van der Waals surface area contributed by atoms with E-state index in [2.05, 4.69) is 10.3 Å². The standard InChI is InChI=1S/C13H9ClF3N3O/c14-8-3-7(13(15,16)17)4-9(5-8)20-12(21)10-1-2-19-6-11(10)18/h1-6H,18H2,(H,20,21). The molecule has 1 amide bonds. The van der Waals surface area contributed by atoms with Crippen LogP contribution in [0.1, 0.15) is 15.9 Å². The number of alkyl halides is 3. The number of anilines is 2. The highest BCUT2D eigenvalue weighted by molar-refractivity contribution is 6.31. The van der Waals surface area contributed by atoms with Gasteiger partial charge < -0.3 is 11.1 Å². The van der Waals surface area contributed by atoms with Gasteiger partial charge in [-0.2, -0.15) is 13.2 Å². The van der Waals surface area contributed by atoms with Crippen molar-refractivity contribution in [2.75, 3.05) is 11.1 Å². The van der Waals surface area contributed by atoms with E-state index in [1.807, 2.05) is 0 Å². The zero-order chi connectivity index (χ0) is 15.6. The fraction of sp³-hybridized carbons (Fsp3) is 0.0769. The van der Waals surface area contributed by atoms with Crippen LogP contribution >= 0.6 is 11.6 Å². The first-order valence-corrected chi connectivity index (χ1v) is 6.04. The third-order valence-corrected chi connectivity index (χ3v) is 2.80. The summed E-state index contributed by atoms with van der Waals surface area (Å²) >= 11 is 5.63. The van der Waals surface area contributed by atoms with Crippen molar-refractivity contribution in [3.05, 3.63) is 52.8 Å². The lowest BCUT2D eigenvalue weighted by molar-refractivity contribution is -0.137. The molecule has 0 unspecified atom stereocenters. The van der Waals surface area contributed by atoms with Gasteiger partial charge in [0.2, 0.25) is 0 Å². The van der Waals surface area contributed by atoms with E-state index in [0.29, 0.717) is 0 Å². The summed E-state index contributed by atoms with van der Waals surface area (Å²) < 4.78 is 38.0. The van der Waals surface area contributed by atoms with E-state index in [-0.39, 0.29) is 22.0 Å². The van der Waals surface area contributed by atoms with Crippen LogP contribution in [-0.4, -0.2) is 10.9 Å². The van der Waals surface area contributed by atoms with Crippen molar-refractivity contribution in [3.8, 4) is 0 Å². The quantitative estimate of drug-likeness (QED) is 0.890. The fourth-order valence-corrected chi connectivity index (χ4v) is 1.87. The fourth-order valence-electron chi connectivity index (χ4n) is 1.64. The van der Waals surface area contributed by atoms with E-state index in [4.69, 9.17) is 17.3 Å². The van der Waals surface area contributed by atoms with Crippen molar-refractivity contribution in [3.63, 3.8) is 0 Å². The topological polar surface area (TPSA) is 68.0 Å². The van der Waals surface area contributed by atoms with Gasteiger partial charge in [-0.1, -0.05) is 11.6 Å². The van der Waals surface area contributed by atoms with Crippen molar-refractivity contribution in [2.24, 2.45) is 0 Å². The minimum Gasteiger partial charge on any atom is -0.397 e. The largest absolute Gasteiger partial charge is 0.416 e. The molecular weight excluding hydrogens is 307 g/mol. The second-order valence-corrected chi connectivity index (χ2v) is 4.58. The zero-order valence-corrected chi connectivity index (χ0v) is 11.2. The van der Waals surface area contributed by atoms with E-state index in [0.717, 1.165) is 12.1 Å². The normalized spacial score (nSPS) is 11.2. The van der Waals surface area contributed by atoms with Crippen LogP contribution in [0.3, 0.4) is 0 Å². The summed E-state index contributed by atoms with van der Waals surface area (Å²) in [4.78, 5) is 15.7. The summed E-state index contributed by atoms with van der Waals surface area (Å²) in [5, 5.41) is 2.18. The monoisotopic (exact) mass is 315 g/mol. The van der Waals surface area contributed by atoms with Gasteiger partial charge in [-0.05, 0) is 24.3 Å². The first-order chi connectivity index (χ1) is 9.77. The molecular formula is C13H9ClF3N3O. The summed E-state index contributed by atoms with van der Waals surface area (Å²) in [6.07, 6.45) is -1.93. The molecule has 2 rings (SSSR count). The Kier molecular flexibility index (Phi) is 4.04. The maximum absolute atomic E-state index is 12.7. The van der Waals surface area contributed by atoms with Gasteiger partial charge in [0.25, 0.3) is 5.91 Å². The summed E-state index contributed by atoms with van der Waals surface area (Å²) in [7, 11) is 0. The first-order valence-electron chi connectivity index (χ1n) is 5.66. The lowest BCUT2D eigenvalue weighted by atomic mass is 10.1. The molecule has 0 spiro atoms. The zero-order valence-electron chi connectivity index (χ0n) is 10.4. The van der Waals surface area contributed by atoms with Crippen LogP contribution < -0.4 is 11.1 Å². The molecule has 0 aliphatic heterocycles. The van der Waals surface area contributed by atoms with Crippen molar-refractivity contribution < 1.29 is 18.0 Å². The second kappa shape index (κ2) is 5.61. The van der Waals surface area contributed by atoms with E-state index < -0.39 is 17.6 Å². The number of hydrogen-bond acceptors (Lipinski definition) is 3. The molecule has 3 N–H and O–H groups in total. The Hall–Kier alpha value is -2.28. The molecule has 1 aromatic heterocycles. The Balaban J connectivity index is 2.30. The van der Waals surface area contributed by atoms with Crippen molar-refractivity contribution in [1.82, 2.24) is 4.98 Å². The van der Waals surface area contributed by atoms with Gasteiger partial charge in [0.05, 0.1) is 23.0 Å². The molecule has 0 aliphatic carbocycles. The highest BCUT2D eigenvalue weighted by Gasteiger charge is 2.31. The number of carbonyl (C=O) groups is 1. The van der Waals surface area contributed by atoms with E-state index in [9.17, 15) is 18.0 Å². The number of nitrogens with zero attached hydrogens (tertiary/aromatic N) is 1. The molecule has 0 saturated heterocycles. The lowest BCUT2D eigenvalue weighted by Gasteiger charge is -2.11. The number of rotatable bonds is 2. The van der Waals surface area contributed by atoms with Crippen LogP contribution in [0.2, 0.25) is 5.02 Å². The summed E-state index contributed by atoms with van der Waals surface area (Å²) in [6, 6.07) is 4.14. The molecule has 0 fully saturated rings. The van der Waals surface area contributed by atoms with Crippen LogP contribution in [0.4, 0.5) is 24.5 Å². The molecule has 1 heterocycles. The average molecular weight is 316 g/mol. The number of halogens is 4. The third kappa shape index (κ3) is 3.63. The number of hydrogen-bond donors (Lipinski definition) is 2. The predicted molar refractivity (Wildman–Crippen MR) is 73.1 cm³/mol. The van der Waals surface area contributed by atoms with Crippen LogP contribution in [-0.2, 0) is 6.18 Å². The molecule has 0 aliphatic rings. The Morgan fingerprint density at radius 2 is 2.00 bits per heavy atom. The molecule has 2 aromatic rings. The van der Waals surface area contributed by atoms with Crippen molar-refractivity contribution >= 4 is 28.9 Å². The number of nitrogens with one attached hydrogen (secondary N) is 1. The van der Waals surface area contributed by atoms with Crippen molar-refractivity contribution in [2.45, 2.75) is 6.18 Å². The maximum atomic E-state index is 12.7. The number of aromatic nitrogens is 1. The smallest absolute Gasteiger partial charge is 0.397 e. The molecule has 110 valence electrons. The Morgan fingerprint density at radius 3 is 2.62 bits per heavy atom. The van der Waals surface area contributed by atoms with Gasteiger partial charge in [-0.25, -0.2) is 0 Å². The van der Waals surface area contributed by atoms with Crippen LogP contribution in [0, 0.1) is 0 Å². The number of carbonyl (C=O) groups excluding carboxylic acids is 1. The molecule has 0 atom stereocenters. The number of benzene rings is 1. The van der Waals surface area contributed by atoms with Gasteiger partial charge in [-0.15, -0.1) is 0 Å². The minimum atomic E-state index is -4.56. The van der Waals surface area contributed by atoms with Crippen LogP contribution in [0.25, 0.3) is 0 Å². The predicted octanol–water partition coefficient (Wildman–Crippen LogP) is 3.59. The van der Waals surface area contributed by atoms with Gasteiger partial charge in [0.15, 0.2) is 0 Å². The minimum absolute atomic E-state index is 0.0731. The SMILES string of the molecule is Nc1cnccc1C(=O)Nc1cc(Cl)cc(C(F)(F)F)c1. The average Bonchev–Trinajstić information content (AvgIpc) is 2.37. The van der Waals surface area contributed by atoms with E-state index in [1.165, 1.54) is 24.5 Å². The highest BCUT2D eigenvalue weighted by atomic mass is 35.5. The van der Waals surface area contributed by atoms with E-state index in [1.54, 1.807) is 0 Å². The molecule has 8 heteroatoms. The molecule has 1 aromatic carbocycles. The number of nitrogen functional groups attached to an aromatic ring is 1. The Morgan fingerprint density at radius 1 is 1.29 bits per heavy atom. The second-order valence-electron chi connectivity index (χ2n) is 4.14. The molecule has 0 radical (unpaired) electrons. The van der Waals surface area contributed by atoms with Gasteiger partial charge in [-0.3, -0.25) is 9.78 Å². The van der Waals surface area contributed by atoms with Crippen LogP contribution in [0.5, 0.6) is 0 Å². The maximum Gasteiger partial charge on any atom is 0.416 e. The molecule has 4 nitrogen and oxygen atoms in total. The first kappa shape index (κ1) is 15.1. The molecule has 21 heavy (non-hydrogen) atoms. The number of amides is 1. The van der Waals surface area contributed by atoms with E-state index >= 15 is 0 Å². The highest BCUT2D eigenvalue weighted by Crippen LogP contribution is 2.33. The molecule has 0 saturated carbocycles.